The lowest BCUT2D eigenvalue weighted by Gasteiger charge is -2.22. The van der Waals surface area contributed by atoms with E-state index >= 15 is 0 Å². The molecule has 1 aliphatic rings. The van der Waals surface area contributed by atoms with Gasteiger partial charge >= 0.3 is 0 Å². The number of aliphatic imine (C=N–C) groups is 1. The van der Waals surface area contributed by atoms with Crippen molar-refractivity contribution < 1.29 is 4.74 Å². The third-order valence-electron chi connectivity index (χ3n) is 2.82. The molecule has 2 N–H and O–H groups in total. The molecule has 0 saturated heterocycles. The van der Waals surface area contributed by atoms with Crippen molar-refractivity contribution in [3.8, 4) is 0 Å². The van der Waals surface area contributed by atoms with Crippen LogP contribution in [-0.4, -0.2) is 12.6 Å². The van der Waals surface area contributed by atoms with E-state index in [4.69, 9.17) is 33.7 Å². The molecule has 1 aromatic rings. The topological polar surface area (TPSA) is 47.6 Å². The van der Waals surface area contributed by atoms with Gasteiger partial charge in [-0.2, -0.15) is 0 Å². The zero-order valence-corrected chi connectivity index (χ0v) is 10.3. The lowest BCUT2D eigenvalue weighted by Crippen LogP contribution is -2.24. The summed E-state index contributed by atoms with van der Waals surface area (Å²) < 4.78 is 5.24. The van der Waals surface area contributed by atoms with E-state index in [1.165, 1.54) is 0 Å². The minimum atomic E-state index is -0.418. The number of nitrogens with zero attached hydrogens (tertiary/aromatic N) is 1. The second-order valence-electron chi connectivity index (χ2n) is 3.75. The van der Waals surface area contributed by atoms with Gasteiger partial charge in [0.15, 0.2) is 0 Å². The van der Waals surface area contributed by atoms with Crippen LogP contribution in [0.4, 0.5) is 0 Å². The number of halogens is 2. The van der Waals surface area contributed by atoms with E-state index in [1.54, 1.807) is 6.07 Å². The normalized spacial score (nSPS) is 24.1. The van der Waals surface area contributed by atoms with Crippen molar-refractivity contribution in [3.63, 3.8) is 0 Å². The number of rotatable bonds is 2. The molecule has 1 aliphatic heterocycles. The first-order valence-corrected chi connectivity index (χ1v) is 5.76. The minimum Gasteiger partial charge on any atom is -0.462 e. The molecule has 0 radical (unpaired) electrons. The van der Waals surface area contributed by atoms with Crippen LogP contribution in [0.3, 0.4) is 0 Å². The Balaban J connectivity index is 2.45. The maximum absolute atomic E-state index is 6.00. The standard InChI is InChI=1S/C11H12Cl2N2O/c1-2-11(6-16-10(14)15-11)7-3-4-8(12)9(13)5-7/h3-5H,2,6H2,1H3,(H2,14,15)/t11-/m0/s1. The summed E-state index contributed by atoms with van der Waals surface area (Å²) in [6, 6.07) is 5.72. The molecule has 0 fully saturated rings. The third kappa shape index (κ3) is 1.85. The summed E-state index contributed by atoms with van der Waals surface area (Å²) in [5.41, 5.74) is 6.12. The Hall–Kier alpha value is -0.930. The predicted octanol–water partition coefficient (Wildman–Crippen LogP) is 2.94. The highest BCUT2D eigenvalue weighted by Crippen LogP contribution is 2.36. The van der Waals surface area contributed by atoms with Crippen LogP contribution in [0.2, 0.25) is 10.0 Å². The molecule has 0 unspecified atom stereocenters. The van der Waals surface area contributed by atoms with Crippen LogP contribution in [0.5, 0.6) is 0 Å². The molecule has 0 aliphatic carbocycles. The molecule has 2 rings (SSSR count). The van der Waals surface area contributed by atoms with Gasteiger partial charge in [0, 0.05) is 0 Å². The van der Waals surface area contributed by atoms with Crippen LogP contribution in [0.25, 0.3) is 0 Å². The first-order valence-electron chi connectivity index (χ1n) is 5.01. The molecule has 0 amide bonds. The highest BCUT2D eigenvalue weighted by molar-refractivity contribution is 6.42. The van der Waals surface area contributed by atoms with Gasteiger partial charge in [-0.05, 0) is 24.1 Å². The van der Waals surface area contributed by atoms with E-state index in [0.29, 0.717) is 16.7 Å². The summed E-state index contributed by atoms with van der Waals surface area (Å²) in [5.74, 6) is 0. The highest BCUT2D eigenvalue weighted by atomic mass is 35.5. The van der Waals surface area contributed by atoms with Crippen LogP contribution < -0.4 is 5.73 Å². The number of benzene rings is 1. The van der Waals surface area contributed by atoms with Gasteiger partial charge in [-0.3, -0.25) is 0 Å². The first-order chi connectivity index (χ1) is 7.57. The maximum atomic E-state index is 6.00. The van der Waals surface area contributed by atoms with E-state index in [-0.39, 0.29) is 6.02 Å². The van der Waals surface area contributed by atoms with E-state index in [0.717, 1.165) is 12.0 Å². The second-order valence-corrected chi connectivity index (χ2v) is 4.57. The molecule has 3 nitrogen and oxygen atoms in total. The molecular formula is C11H12Cl2N2O. The molecule has 1 atom stereocenters. The smallest absolute Gasteiger partial charge is 0.283 e. The summed E-state index contributed by atoms with van der Waals surface area (Å²) in [6.45, 7) is 2.49. The molecule has 0 aromatic heterocycles. The summed E-state index contributed by atoms with van der Waals surface area (Å²) in [6.07, 6.45) is 0.797. The van der Waals surface area contributed by atoms with Gasteiger partial charge in [0.05, 0.1) is 10.0 Å². The number of hydrogen-bond donors (Lipinski definition) is 1. The van der Waals surface area contributed by atoms with Crippen LogP contribution >= 0.6 is 23.2 Å². The molecular weight excluding hydrogens is 247 g/mol. The summed E-state index contributed by atoms with van der Waals surface area (Å²) in [7, 11) is 0. The first kappa shape index (κ1) is 11.6. The van der Waals surface area contributed by atoms with E-state index in [2.05, 4.69) is 4.99 Å². The molecule has 16 heavy (non-hydrogen) atoms. The molecule has 1 heterocycles. The number of nitrogens with two attached hydrogens (primary N) is 1. The van der Waals surface area contributed by atoms with Gasteiger partial charge in [-0.25, -0.2) is 4.99 Å². The molecule has 1 aromatic carbocycles. The van der Waals surface area contributed by atoms with Crippen molar-refractivity contribution in [2.75, 3.05) is 6.61 Å². The quantitative estimate of drug-likeness (QED) is 0.887. The Labute approximate surface area is 104 Å². The summed E-state index contributed by atoms with van der Waals surface area (Å²) >= 11 is 11.9. The monoisotopic (exact) mass is 258 g/mol. The molecule has 0 spiro atoms. The molecule has 86 valence electrons. The van der Waals surface area contributed by atoms with E-state index in [1.807, 2.05) is 19.1 Å². The Morgan fingerprint density at radius 3 is 2.69 bits per heavy atom. The SMILES string of the molecule is CC[C@@]1(c2ccc(Cl)c(Cl)c2)COC(N)=N1. The van der Waals surface area contributed by atoms with Crippen LogP contribution in [0.1, 0.15) is 18.9 Å². The summed E-state index contributed by atoms with van der Waals surface area (Å²) in [5, 5.41) is 1.06. The van der Waals surface area contributed by atoms with Crippen molar-refractivity contribution in [2.24, 2.45) is 10.7 Å². The zero-order chi connectivity index (χ0) is 11.8. The average Bonchev–Trinajstić information content (AvgIpc) is 2.65. The molecule has 5 heteroatoms. The van der Waals surface area contributed by atoms with Crippen LogP contribution in [0, 0.1) is 0 Å². The number of amidine groups is 1. The maximum Gasteiger partial charge on any atom is 0.283 e. The van der Waals surface area contributed by atoms with Crippen LogP contribution in [-0.2, 0) is 10.3 Å². The third-order valence-corrected chi connectivity index (χ3v) is 3.56. The second kappa shape index (κ2) is 4.15. The largest absolute Gasteiger partial charge is 0.462 e. The summed E-state index contributed by atoms with van der Waals surface area (Å²) in [4.78, 5) is 4.35. The van der Waals surface area contributed by atoms with Crippen molar-refractivity contribution in [2.45, 2.75) is 18.9 Å². The Morgan fingerprint density at radius 1 is 1.44 bits per heavy atom. The highest BCUT2D eigenvalue weighted by Gasteiger charge is 2.36. The molecule has 0 saturated carbocycles. The lowest BCUT2D eigenvalue weighted by molar-refractivity contribution is 0.249. The fraction of sp³-hybridized carbons (Fsp3) is 0.364. The van der Waals surface area contributed by atoms with Gasteiger partial charge in [-0.15, -0.1) is 0 Å². The number of hydrogen-bond acceptors (Lipinski definition) is 3. The average molecular weight is 259 g/mol. The van der Waals surface area contributed by atoms with Gasteiger partial charge in [-0.1, -0.05) is 36.2 Å². The van der Waals surface area contributed by atoms with Crippen molar-refractivity contribution >= 4 is 29.2 Å². The zero-order valence-electron chi connectivity index (χ0n) is 8.84. The Morgan fingerprint density at radius 2 is 2.19 bits per heavy atom. The van der Waals surface area contributed by atoms with Crippen molar-refractivity contribution in [1.82, 2.24) is 0 Å². The van der Waals surface area contributed by atoms with Gasteiger partial charge in [0.25, 0.3) is 6.02 Å². The number of ether oxygens (including phenoxy) is 1. The Kier molecular flexibility index (Phi) is 3.00. The van der Waals surface area contributed by atoms with Crippen molar-refractivity contribution in [3.05, 3.63) is 33.8 Å². The van der Waals surface area contributed by atoms with Crippen molar-refractivity contribution in [1.29, 1.82) is 0 Å². The van der Waals surface area contributed by atoms with Gasteiger partial charge < -0.3 is 10.5 Å². The van der Waals surface area contributed by atoms with E-state index in [9.17, 15) is 0 Å². The van der Waals surface area contributed by atoms with Gasteiger partial charge in [0.1, 0.15) is 12.1 Å². The predicted molar refractivity (Wildman–Crippen MR) is 66.0 cm³/mol. The van der Waals surface area contributed by atoms with Crippen LogP contribution in [0.15, 0.2) is 23.2 Å². The lowest BCUT2D eigenvalue weighted by atomic mass is 9.89. The molecule has 0 bridgehead atoms. The fourth-order valence-corrected chi connectivity index (χ4v) is 2.09. The fourth-order valence-electron chi connectivity index (χ4n) is 1.79. The Bertz CT molecular complexity index is 448. The minimum absolute atomic E-state index is 0.230. The van der Waals surface area contributed by atoms with Gasteiger partial charge in [0.2, 0.25) is 0 Å². The van der Waals surface area contributed by atoms with E-state index < -0.39 is 5.54 Å².